The topological polar surface area (TPSA) is 0 Å². The highest BCUT2D eigenvalue weighted by Gasteiger charge is 2.26. The molecule has 0 nitrogen and oxygen atoms in total. The number of fused-ring (bicyclic) bond motifs is 3. The molecule has 3 aromatic carbocycles. The number of benzene rings is 3. The van der Waals surface area contributed by atoms with Crippen LogP contribution in [0.3, 0.4) is 0 Å². The lowest BCUT2D eigenvalue weighted by atomic mass is 9.86. The molecule has 0 heterocycles. The van der Waals surface area contributed by atoms with Gasteiger partial charge < -0.3 is 0 Å². The van der Waals surface area contributed by atoms with Crippen molar-refractivity contribution in [2.45, 2.75) is 5.92 Å². The van der Waals surface area contributed by atoms with Crippen molar-refractivity contribution >= 4 is 6.08 Å². The Morgan fingerprint density at radius 3 is 2.12 bits per heavy atom. The van der Waals surface area contributed by atoms with Crippen LogP contribution >= 0.6 is 0 Å². The molecule has 1 unspecified atom stereocenters. The molecular formula is C25H18. The van der Waals surface area contributed by atoms with Gasteiger partial charge in [-0.05, 0) is 45.0 Å². The van der Waals surface area contributed by atoms with E-state index in [2.05, 4.69) is 103 Å². The summed E-state index contributed by atoms with van der Waals surface area (Å²) in [6, 6.07) is 26.1. The van der Waals surface area contributed by atoms with Gasteiger partial charge >= 0.3 is 0 Å². The molecule has 3 aromatic rings. The molecule has 2 aliphatic carbocycles. The summed E-state index contributed by atoms with van der Waals surface area (Å²) in [6.07, 6.45) is 11.2. The van der Waals surface area contributed by atoms with Gasteiger partial charge in [0.25, 0.3) is 0 Å². The van der Waals surface area contributed by atoms with E-state index in [-0.39, 0.29) is 0 Å². The molecule has 5 rings (SSSR count). The Morgan fingerprint density at radius 1 is 0.640 bits per heavy atom. The fourth-order valence-electron chi connectivity index (χ4n) is 3.98. The minimum absolute atomic E-state index is 0.396. The maximum Gasteiger partial charge on any atom is 0.0278 e. The van der Waals surface area contributed by atoms with Crippen LogP contribution in [0.5, 0.6) is 0 Å². The predicted octanol–water partition coefficient (Wildman–Crippen LogP) is 6.63. The number of allylic oxidation sites excluding steroid dienone is 5. The third-order valence-corrected chi connectivity index (χ3v) is 5.14. The van der Waals surface area contributed by atoms with Crippen molar-refractivity contribution in [3.8, 4) is 22.3 Å². The zero-order valence-corrected chi connectivity index (χ0v) is 13.9. The van der Waals surface area contributed by atoms with Gasteiger partial charge in [-0.25, -0.2) is 0 Å². The number of rotatable bonds is 2. The predicted molar refractivity (Wildman–Crippen MR) is 106 cm³/mol. The van der Waals surface area contributed by atoms with Crippen LogP contribution < -0.4 is 0 Å². The summed E-state index contributed by atoms with van der Waals surface area (Å²) in [5, 5.41) is 0. The fraction of sp³-hybridized carbons (Fsp3) is 0.0400. The van der Waals surface area contributed by atoms with Crippen LogP contribution in [0.4, 0.5) is 0 Å². The number of hydrogen-bond acceptors (Lipinski definition) is 0. The highest BCUT2D eigenvalue weighted by atomic mass is 14.3. The zero-order valence-electron chi connectivity index (χ0n) is 13.9. The Balaban J connectivity index is 1.82. The van der Waals surface area contributed by atoms with Crippen LogP contribution in [0.25, 0.3) is 28.3 Å². The molecule has 0 aliphatic heterocycles. The van der Waals surface area contributed by atoms with Crippen LogP contribution in [-0.2, 0) is 0 Å². The van der Waals surface area contributed by atoms with Crippen molar-refractivity contribution in [2.75, 3.05) is 0 Å². The molecule has 0 spiro atoms. The molecule has 0 saturated heterocycles. The minimum atomic E-state index is 0.396. The lowest BCUT2D eigenvalue weighted by Gasteiger charge is -2.17. The maximum absolute atomic E-state index is 2.37. The molecule has 118 valence electrons. The van der Waals surface area contributed by atoms with E-state index in [4.69, 9.17) is 0 Å². The van der Waals surface area contributed by atoms with Crippen LogP contribution in [0.1, 0.15) is 17.0 Å². The van der Waals surface area contributed by atoms with Crippen LogP contribution in [0, 0.1) is 0 Å². The molecule has 1 atom stereocenters. The van der Waals surface area contributed by atoms with E-state index in [1.165, 1.54) is 39.0 Å². The lowest BCUT2D eigenvalue weighted by molar-refractivity contribution is 1.05. The van der Waals surface area contributed by atoms with Gasteiger partial charge in [-0.2, -0.15) is 0 Å². The van der Waals surface area contributed by atoms with Gasteiger partial charge in [0.1, 0.15) is 0 Å². The van der Waals surface area contributed by atoms with Gasteiger partial charge in [0, 0.05) is 5.92 Å². The second-order valence-corrected chi connectivity index (χ2v) is 6.59. The highest BCUT2D eigenvalue weighted by molar-refractivity contribution is 5.93. The van der Waals surface area contributed by atoms with Gasteiger partial charge in [0.05, 0.1) is 0 Å². The molecule has 0 amide bonds. The Hall–Kier alpha value is -3.12. The van der Waals surface area contributed by atoms with Gasteiger partial charge in [-0.15, -0.1) is 0 Å². The van der Waals surface area contributed by atoms with E-state index in [1.807, 2.05) is 0 Å². The van der Waals surface area contributed by atoms with Gasteiger partial charge in [0.15, 0.2) is 0 Å². The standard InChI is InChI=1S/C25H18/c1-3-9-18(10-4-1)22-15-16-23-21-14-8-7-13-20(21)17-24(23)25(22)19-11-5-2-6-12-19/h1-17,21H. The second-order valence-electron chi connectivity index (χ2n) is 6.59. The van der Waals surface area contributed by atoms with Crippen molar-refractivity contribution < 1.29 is 0 Å². The fourth-order valence-corrected chi connectivity index (χ4v) is 3.98. The van der Waals surface area contributed by atoms with Crippen molar-refractivity contribution in [2.24, 2.45) is 0 Å². The van der Waals surface area contributed by atoms with Crippen molar-refractivity contribution in [1.29, 1.82) is 0 Å². The largest absolute Gasteiger partial charge is 0.0726 e. The Bertz CT molecular complexity index is 1020. The second kappa shape index (κ2) is 5.75. The summed E-state index contributed by atoms with van der Waals surface area (Å²) in [5.74, 6) is 0.396. The molecule has 0 heteroatoms. The average molecular weight is 318 g/mol. The van der Waals surface area contributed by atoms with Gasteiger partial charge in [-0.1, -0.05) is 97.1 Å². The first-order valence-electron chi connectivity index (χ1n) is 8.76. The summed E-state index contributed by atoms with van der Waals surface area (Å²) in [5.41, 5.74) is 9.35. The molecule has 0 saturated carbocycles. The third kappa shape index (κ3) is 2.30. The number of hydrogen-bond donors (Lipinski definition) is 0. The Labute approximate surface area is 148 Å². The first-order chi connectivity index (χ1) is 12.4. The molecule has 0 bridgehead atoms. The smallest absolute Gasteiger partial charge is 0.0278 e. The zero-order chi connectivity index (χ0) is 16.6. The van der Waals surface area contributed by atoms with E-state index in [1.54, 1.807) is 0 Å². The minimum Gasteiger partial charge on any atom is -0.0726 e. The average Bonchev–Trinajstić information content (AvgIpc) is 3.07. The first kappa shape index (κ1) is 14.2. The van der Waals surface area contributed by atoms with Crippen molar-refractivity contribution in [3.63, 3.8) is 0 Å². The Morgan fingerprint density at radius 2 is 1.36 bits per heavy atom. The summed E-state index contributed by atoms with van der Waals surface area (Å²) < 4.78 is 0. The Kier molecular flexibility index (Phi) is 3.28. The van der Waals surface area contributed by atoms with Crippen LogP contribution in [0.2, 0.25) is 0 Å². The SMILES string of the molecule is C1=CC2=Cc3c(ccc(-c4ccccc4)c3-c3ccccc3)C2C=C1. The van der Waals surface area contributed by atoms with Gasteiger partial charge in [0.2, 0.25) is 0 Å². The first-order valence-corrected chi connectivity index (χ1v) is 8.76. The van der Waals surface area contributed by atoms with E-state index < -0.39 is 0 Å². The lowest BCUT2D eigenvalue weighted by Crippen LogP contribution is -1.97. The summed E-state index contributed by atoms with van der Waals surface area (Å²) in [7, 11) is 0. The molecular weight excluding hydrogens is 300 g/mol. The molecule has 0 radical (unpaired) electrons. The normalized spacial score (nSPS) is 17.1. The van der Waals surface area contributed by atoms with Crippen molar-refractivity contribution in [3.05, 3.63) is 114 Å². The molecule has 0 aromatic heterocycles. The summed E-state index contributed by atoms with van der Waals surface area (Å²) >= 11 is 0. The molecule has 25 heavy (non-hydrogen) atoms. The molecule has 0 N–H and O–H groups in total. The molecule has 2 aliphatic rings. The van der Waals surface area contributed by atoms with Gasteiger partial charge in [-0.3, -0.25) is 0 Å². The summed E-state index contributed by atoms with van der Waals surface area (Å²) in [6.45, 7) is 0. The van der Waals surface area contributed by atoms with E-state index in [0.29, 0.717) is 5.92 Å². The van der Waals surface area contributed by atoms with Crippen molar-refractivity contribution in [1.82, 2.24) is 0 Å². The molecule has 0 fully saturated rings. The maximum atomic E-state index is 2.37. The van der Waals surface area contributed by atoms with E-state index >= 15 is 0 Å². The van der Waals surface area contributed by atoms with Crippen LogP contribution in [0.15, 0.2) is 103 Å². The van der Waals surface area contributed by atoms with E-state index in [9.17, 15) is 0 Å². The quantitative estimate of drug-likeness (QED) is 0.497. The monoisotopic (exact) mass is 318 g/mol. The third-order valence-electron chi connectivity index (χ3n) is 5.14. The van der Waals surface area contributed by atoms with E-state index in [0.717, 1.165) is 0 Å². The highest BCUT2D eigenvalue weighted by Crippen LogP contribution is 2.46. The van der Waals surface area contributed by atoms with Crippen LogP contribution in [-0.4, -0.2) is 0 Å². The summed E-state index contributed by atoms with van der Waals surface area (Å²) in [4.78, 5) is 0.